The third kappa shape index (κ3) is 1.87. The van der Waals surface area contributed by atoms with Crippen molar-refractivity contribution in [2.75, 3.05) is 0 Å². The maximum atomic E-state index is 7.85. The van der Waals surface area contributed by atoms with E-state index in [1.807, 2.05) is 0 Å². The van der Waals surface area contributed by atoms with Gasteiger partial charge in [-0.05, 0) is 6.37 Å². The van der Waals surface area contributed by atoms with Crippen LogP contribution in [0.15, 0.2) is 18.6 Å². The first-order valence-corrected chi connectivity index (χ1v) is 2.34. The second kappa shape index (κ2) is 3.40. The quantitative estimate of drug-likeness (QED) is 0.577. The molecule has 0 radical (unpaired) electrons. The van der Waals surface area contributed by atoms with Crippen LogP contribution in [0.2, 0.25) is 0 Å². The number of rotatable bonds is 3. The zero-order valence-electron chi connectivity index (χ0n) is 19.9. The second-order valence-electron chi connectivity index (χ2n) is 1.36. The van der Waals surface area contributed by atoms with Gasteiger partial charge in [-0.1, -0.05) is 13.2 Å². The molecule has 0 saturated heterocycles. The summed E-state index contributed by atoms with van der Waals surface area (Å²) in [5.41, 5.74) is 0. The van der Waals surface area contributed by atoms with Crippen LogP contribution >= 0.6 is 0 Å². The lowest BCUT2D eigenvalue weighted by Gasteiger charge is -1.90. The first kappa shape index (κ1) is 1.06. The average Bonchev–Trinajstić information content (AvgIpc) is 2.57. The van der Waals surface area contributed by atoms with E-state index in [2.05, 4.69) is 0 Å². The average molecular weight is 154 g/mol. The smallest absolute Gasteiger partial charge is 0.240 e. The molecule has 2 heteroatoms. The molecule has 56 valence electrons. The highest BCUT2D eigenvalue weighted by molar-refractivity contribution is 4.65. The van der Waals surface area contributed by atoms with Crippen molar-refractivity contribution in [3.63, 3.8) is 0 Å². The molecule has 0 saturated carbocycles. The number of imidazole rings is 1. The summed E-state index contributed by atoms with van der Waals surface area (Å²) in [4.78, 5) is 0. The maximum absolute atomic E-state index is 7.85. The van der Waals surface area contributed by atoms with Gasteiger partial charge in [0.25, 0.3) is 0 Å². The largest absolute Gasteiger partial charge is 0.243 e. The first-order valence-electron chi connectivity index (χ1n) is 9.84. The summed E-state index contributed by atoms with van der Waals surface area (Å²) in [5, 5.41) is 0. The van der Waals surface area contributed by atoms with E-state index in [9.17, 15) is 0 Å². The van der Waals surface area contributed by atoms with Gasteiger partial charge in [-0.3, -0.25) is 0 Å². The Morgan fingerprint density at radius 1 is 1.90 bits per heavy atom. The van der Waals surface area contributed by atoms with Gasteiger partial charge in [0, 0.05) is 9.60 Å². The maximum Gasteiger partial charge on any atom is 0.243 e. The molecule has 1 rings (SSSR count). The molecule has 1 aromatic rings. The predicted octanol–water partition coefficient (Wildman–Crippen LogP) is 1.11. The van der Waals surface area contributed by atoms with Gasteiger partial charge >= 0.3 is 0 Å². The Labute approximate surface area is 83.2 Å². The molecule has 0 aliphatic carbocycles. The molecule has 10 heavy (non-hydrogen) atoms. The minimum atomic E-state index is -3.81. The zero-order valence-corrected chi connectivity index (χ0v) is 4.89. The Morgan fingerprint density at radius 3 is 3.60 bits per heavy atom. The third-order valence-electron chi connectivity index (χ3n) is 0.704. The van der Waals surface area contributed by atoms with Crippen LogP contribution in [0.25, 0.3) is 0 Å². The molecule has 0 aliphatic heterocycles. The third-order valence-corrected chi connectivity index (χ3v) is 0.704. The van der Waals surface area contributed by atoms with Gasteiger partial charge in [-0.2, -0.15) is 0 Å². The van der Waals surface area contributed by atoms with Crippen molar-refractivity contribution in [2.24, 2.45) is 6.98 Å². The molecule has 0 bridgehead atoms. The number of hydrogen-bond acceptors (Lipinski definition) is 0. The summed E-state index contributed by atoms with van der Waals surface area (Å²) in [7, 11) is 0. The van der Waals surface area contributed by atoms with Crippen LogP contribution in [0.3, 0.4) is 0 Å². The molecule has 1 heterocycles. The highest BCUT2D eigenvalue weighted by Crippen LogP contribution is 1.91. The van der Waals surface area contributed by atoms with E-state index >= 15 is 0 Å². The van der Waals surface area contributed by atoms with Gasteiger partial charge in [0.05, 0.1) is 20.3 Å². The zero-order chi connectivity index (χ0) is 20.4. The summed E-state index contributed by atoms with van der Waals surface area (Å²) < 4.78 is 112. The minimum absolute atomic E-state index is 0.0197. The lowest BCUT2D eigenvalue weighted by Crippen LogP contribution is -2.23. The van der Waals surface area contributed by atoms with Crippen LogP contribution in [-0.2, 0) is 13.5 Å². The standard InChI is InChI=1S/C8H15N2/c1-3-4-5-10-7-6-9(2)8-10/h6-8H,3-5H2,1-2H3/q+1/i1D3,2D3,3D2,4D2,5D2,6D,7D,8D. The minimum Gasteiger partial charge on any atom is -0.240 e. The molecular formula is C8H15N2+. The molecule has 0 atom stereocenters. The van der Waals surface area contributed by atoms with Crippen molar-refractivity contribution in [1.82, 2.24) is 4.57 Å². The highest BCUT2D eigenvalue weighted by atomic mass is 15.1. The van der Waals surface area contributed by atoms with Crippen LogP contribution < -0.4 is 4.57 Å². The molecular weight excluding hydrogens is 124 g/mol. The fourth-order valence-corrected chi connectivity index (χ4v) is 0.387. The monoisotopic (exact) mass is 154 g/mol. The van der Waals surface area contributed by atoms with Crippen molar-refractivity contribution in [2.45, 2.75) is 26.1 Å². The van der Waals surface area contributed by atoms with Crippen molar-refractivity contribution in [3.8, 4) is 0 Å². The van der Waals surface area contributed by atoms with Gasteiger partial charge in [0.2, 0.25) is 6.30 Å². The first-order chi connectivity index (χ1) is 10.7. The molecule has 0 N–H and O–H groups in total. The molecule has 0 aromatic carbocycles. The summed E-state index contributed by atoms with van der Waals surface area (Å²) in [6.45, 7) is -10.4. The van der Waals surface area contributed by atoms with E-state index in [0.717, 1.165) is 0 Å². The Hall–Kier alpha value is -0.790. The van der Waals surface area contributed by atoms with E-state index in [0.29, 0.717) is 0 Å². The Kier molecular flexibility index (Phi) is 0.360. The van der Waals surface area contributed by atoms with Gasteiger partial charge < -0.3 is 0 Å². The van der Waals surface area contributed by atoms with Crippen molar-refractivity contribution in [3.05, 3.63) is 18.6 Å². The van der Waals surface area contributed by atoms with Crippen LogP contribution in [-0.4, -0.2) is 4.57 Å². The van der Waals surface area contributed by atoms with Crippen LogP contribution in [0.1, 0.15) is 40.2 Å². The van der Waals surface area contributed by atoms with Crippen LogP contribution in [0.5, 0.6) is 0 Å². The summed E-state index contributed by atoms with van der Waals surface area (Å²) >= 11 is 0. The fourth-order valence-electron chi connectivity index (χ4n) is 0.387. The summed E-state index contributed by atoms with van der Waals surface area (Å²) in [6, 6.07) is 0. The second-order valence-corrected chi connectivity index (χ2v) is 1.36. The SMILES string of the molecule is [2H]c1c([2H])[n+](C([2H])([2H])[2H])c([2H])n1C([2H])([2H])C([2H])([2H])C([2H])([2H])C([2H])([2H])[2H]. The van der Waals surface area contributed by atoms with Crippen molar-refractivity contribution < 1.29 is 25.1 Å². The van der Waals surface area contributed by atoms with Crippen LogP contribution in [0.4, 0.5) is 0 Å². The number of aromatic nitrogens is 2. The lowest BCUT2D eigenvalue weighted by atomic mass is 10.3. The van der Waals surface area contributed by atoms with Gasteiger partial charge in [0.15, 0.2) is 1.37 Å². The van der Waals surface area contributed by atoms with Gasteiger partial charge in [-0.25, -0.2) is 9.13 Å². The van der Waals surface area contributed by atoms with Crippen LogP contribution in [0, 0.1) is 0 Å². The molecule has 0 fully saturated rings. The van der Waals surface area contributed by atoms with E-state index in [1.165, 1.54) is 0 Å². The lowest BCUT2D eigenvalue weighted by molar-refractivity contribution is -0.671. The van der Waals surface area contributed by atoms with Crippen molar-refractivity contribution in [1.29, 1.82) is 0 Å². The van der Waals surface area contributed by atoms with Crippen molar-refractivity contribution >= 4 is 0 Å². The topological polar surface area (TPSA) is 8.81 Å². The molecule has 0 spiro atoms. The predicted molar refractivity (Wildman–Crippen MR) is 40.5 cm³/mol. The molecule has 0 unspecified atom stereocenters. The van der Waals surface area contributed by atoms with Gasteiger partial charge in [0.1, 0.15) is 15.1 Å². The van der Waals surface area contributed by atoms with E-state index < -0.39 is 51.7 Å². The highest BCUT2D eigenvalue weighted by Gasteiger charge is 1.96. The fraction of sp³-hybridized carbons (Fsp3) is 0.625. The molecule has 1 aromatic heterocycles. The molecule has 0 aliphatic rings. The Balaban J connectivity index is 3.77. The summed E-state index contributed by atoms with van der Waals surface area (Å²) in [6.07, 6.45) is -11.2. The van der Waals surface area contributed by atoms with E-state index in [4.69, 9.17) is 20.6 Å². The molecule has 2 nitrogen and oxygen atoms in total. The molecule has 0 amide bonds. The Bertz CT molecular complexity index is 663. The number of hydrogen-bond donors (Lipinski definition) is 0. The van der Waals surface area contributed by atoms with Gasteiger partial charge in [-0.15, -0.1) is 0 Å². The normalized spacial score (nSPS) is 39.0. The number of nitrogens with zero attached hydrogens (tertiary/aromatic N) is 2. The van der Waals surface area contributed by atoms with E-state index in [-0.39, 0.29) is 9.13 Å². The van der Waals surface area contributed by atoms with E-state index in [1.54, 1.807) is 0 Å². The summed E-state index contributed by atoms with van der Waals surface area (Å²) in [5.74, 6) is 0. The Morgan fingerprint density at radius 2 is 2.90 bits per heavy atom.